The maximum Gasteiger partial charge on any atom is 0.127 e. The second-order valence-electron chi connectivity index (χ2n) is 4.37. The molecule has 0 bridgehead atoms. The summed E-state index contributed by atoms with van der Waals surface area (Å²) in [5, 5.41) is 8.99. The summed E-state index contributed by atoms with van der Waals surface area (Å²) >= 11 is 8.05. The molecule has 0 fully saturated rings. The van der Waals surface area contributed by atoms with E-state index in [-0.39, 0.29) is 5.38 Å². The third-order valence-corrected chi connectivity index (χ3v) is 3.91. The van der Waals surface area contributed by atoms with E-state index in [1.54, 1.807) is 6.07 Å². The lowest BCUT2D eigenvalue weighted by Gasteiger charge is -2.09. The van der Waals surface area contributed by atoms with Crippen molar-refractivity contribution in [1.29, 1.82) is 5.26 Å². The van der Waals surface area contributed by atoms with Gasteiger partial charge in [-0.15, -0.1) is 11.6 Å². The van der Waals surface area contributed by atoms with E-state index in [0.717, 1.165) is 35.6 Å². The third-order valence-electron chi connectivity index (χ3n) is 3.01. The largest absolute Gasteiger partial charge is 0.327 e. The average molecular weight is 294 g/mol. The fourth-order valence-electron chi connectivity index (χ4n) is 2.16. The van der Waals surface area contributed by atoms with Crippen molar-refractivity contribution in [2.24, 2.45) is 0 Å². The van der Waals surface area contributed by atoms with Crippen molar-refractivity contribution in [3.8, 4) is 6.07 Å². The highest BCUT2D eigenvalue weighted by atomic mass is 35.5. The van der Waals surface area contributed by atoms with Gasteiger partial charge in [0.15, 0.2) is 0 Å². The summed E-state index contributed by atoms with van der Waals surface area (Å²) < 4.78 is 2.14. The highest BCUT2D eigenvalue weighted by molar-refractivity contribution is 7.98. The number of alkyl halides is 1. The van der Waals surface area contributed by atoms with E-state index in [0.29, 0.717) is 5.56 Å². The van der Waals surface area contributed by atoms with E-state index in [4.69, 9.17) is 16.9 Å². The normalized spacial score (nSPS) is 12.5. The lowest BCUT2D eigenvalue weighted by atomic mass is 10.2. The summed E-state index contributed by atoms with van der Waals surface area (Å²) in [7, 11) is 0. The molecule has 1 atom stereocenters. The molecule has 100 valence electrons. The molecule has 3 nitrogen and oxygen atoms in total. The maximum atomic E-state index is 9.15. The fourth-order valence-corrected chi connectivity index (χ4v) is 2.75. The third kappa shape index (κ3) is 2.88. The summed E-state index contributed by atoms with van der Waals surface area (Å²) in [6.07, 6.45) is 3.17. The molecule has 0 saturated carbocycles. The molecular formula is C14H16ClN3S. The number of fused-ring (bicyclic) bond motifs is 1. The molecule has 1 heterocycles. The first-order valence-electron chi connectivity index (χ1n) is 6.21. The predicted molar refractivity (Wildman–Crippen MR) is 81.7 cm³/mol. The molecule has 1 unspecified atom stereocenters. The number of nitrogens with zero attached hydrogens (tertiary/aromatic N) is 3. The molecule has 2 rings (SSSR count). The fraction of sp³-hybridized carbons (Fsp3) is 0.429. The predicted octanol–water partition coefficient (Wildman–Crippen LogP) is 3.96. The van der Waals surface area contributed by atoms with Crippen LogP contribution in [-0.4, -0.2) is 21.6 Å². The van der Waals surface area contributed by atoms with Gasteiger partial charge in [-0.25, -0.2) is 4.98 Å². The van der Waals surface area contributed by atoms with Crippen LogP contribution in [-0.2, 0) is 6.54 Å². The van der Waals surface area contributed by atoms with Crippen LogP contribution < -0.4 is 0 Å². The highest BCUT2D eigenvalue weighted by Gasteiger charge is 2.16. The molecule has 0 saturated heterocycles. The van der Waals surface area contributed by atoms with Crippen molar-refractivity contribution in [2.45, 2.75) is 25.3 Å². The van der Waals surface area contributed by atoms with Crippen LogP contribution in [0.5, 0.6) is 0 Å². The molecule has 19 heavy (non-hydrogen) atoms. The Hall–Kier alpha value is -1.18. The van der Waals surface area contributed by atoms with Gasteiger partial charge in [0.25, 0.3) is 0 Å². The van der Waals surface area contributed by atoms with Gasteiger partial charge in [0.1, 0.15) is 17.4 Å². The minimum absolute atomic E-state index is 0.159. The number of rotatable bonds is 5. The van der Waals surface area contributed by atoms with Crippen molar-refractivity contribution >= 4 is 34.4 Å². The number of halogens is 1. The minimum Gasteiger partial charge on any atom is -0.327 e. The van der Waals surface area contributed by atoms with Gasteiger partial charge in [-0.2, -0.15) is 17.0 Å². The second kappa shape index (κ2) is 6.31. The van der Waals surface area contributed by atoms with Crippen LogP contribution in [0.15, 0.2) is 18.2 Å². The number of imidazole rings is 1. The molecule has 1 aromatic carbocycles. The highest BCUT2D eigenvalue weighted by Crippen LogP contribution is 2.26. The summed E-state index contributed by atoms with van der Waals surface area (Å²) in [6.45, 7) is 2.80. The topological polar surface area (TPSA) is 41.6 Å². The smallest absolute Gasteiger partial charge is 0.127 e. The van der Waals surface area contributed by atoms with Crippen molar-refractivity contribution < 1.29 is 0 Å². The summed E-state index contributed by atoms with van der Waals surface area (Å²) in [6, 6.07) is 7.89. The zero-order chi connectivity index (χ0) is 13.8. The molecule has 0 N–H and O–H groups in total. The first-order valence-corrected chi connectivity index (χ1v) is 8.04. The van der Waals surface area contributed by atoms with Gasteiger partial charge in [-0.05, 0) is 37.5 Å². The van der Waals surface area contributed by atoms with E-state index in [9.17, 15) is 0 Å². The molecule has 0 aliphatic carbocycles. The number of thioether (sulfide) groups is 1. The van der Waals surface area contributed by atoms with Crippen molar-refractivity contribution in [3.63, 3.8) is 0 Å². The summed E-state index contributed by atoms with van der Waals surface area (Å²) in [5.74, 6) is 1.95. The molecule has 0 aliphatic rings. The first kappa shape index (κ1) is 14.2. The van der Waals surface area contributed by atoms with Gasteiger partial charge in [0.05, 0.1) is 16.5 Å². The monoisotopic (exact) mass is 293 g/mol. The quantitative estimate of drug-likeness (QED) is 0.619. The zero-order valence-corrected chi connectivity index (χ0v) is 12.6. The number of hydrogen-bond acceptors (Lipinski definition) is 3. The van der Waals surface area contributed by atoms with Crippen molar-refractivity contribution in [1.82, 2.24) is 9.55 Å². The molecule has 0 spiro atoms. The number of para-hydroxylation sites is 1. The summed E-state index contributed by atoms with van der Waals surface area (Å²) in [5.41, 5.74) is 2.37. The summed E-state index contributed by atoms with van der Waals surface area (Å²) in [4.78, 5) is 4.56. The van der Waals surface area contributed by atoms with Crippen LogP contribution in [0.3, 0.4) is 0 Å². The Morgan fingerprint density at radius 1 is 1.53 bits per heavy atom. The molecule has 0 radical (unpaired) electrons. The van der Waals surface area contributed by atoms with Crippen LogP contribution in [0, 0.1) is 11.3 Å². The Labute approximate surface area is 122 Å². The molecule has 1 aromatic heterocycles. The lowest BCUT2D eigenvalue weighted by Crippen LogP contribution is -2.05. The van der Waals surface area contributed by atoms with Gasteiger partial charge in [0, 0.05) is 6.54 Å². The Balaban J connectivity index is 2.52. The Bertz CT molecular complexity index is 613. The van der Waals surface area contributed by atoms with Crippen molar-refractivity contribution in [2.75, 3.05) is 12.0 Å². The van der Waals surface area contributed by atoms with Gasteiger partial charge >= 0.3 is 0 Å². The minimum atomic E-state index is -0.159. The second-order valence-corrected chi connectivity index (χ2v) is 6.01. The van der Waals surface area contributed by atoms with E-state index in [1.807, 2.05) is 30.8 Å². The van der Waals surface area contributed by atoms with Crippen molar-refractivity contribution in [3.05, 3.63) is 29.6 Å². The molecule has 5 heteroatoms. The van der Waals surface area contributed by atoms with Gasteiger partial charge in [0.2, 0.25) is 0 Å². The average Bonchev–Trinajstić information content (AvgIpc) is 2.78. The van der Waals surface area contributed by atoms with E-state index in [2.05, 4.69) is 21.9 Å². The van der Waals surface area contributed by atoms with Crippen LogP contribution in [0.4, 0.5) is 0 Å². The van der Waals surface area contributed by atoms with E-state index < -0.39 is 0 Å². The lowest BCUT2D eigenvalue weighted by molar-refractivity contribution is 0.658. The Morgan fingerprint density at radius 2 is 2.32 bits per heavy atom. The van der Waals surface area contributed by atoms with Crippen LogP contribution in [0.1, 0.15) is 30.1 Å². The standard InChI is InChI=1S/C14H16ClN3S/c1-10(15)14-17-13-11(9-16)5-3-6-12(13)18(14)7-4-8-19-2/h3,5-6,10H,4,7-8H2,1-2H3. The number of hydrogen-bond donors (Lipinski definition) is 0. The SMILES string of the molecule is CSCCCn1c(C(C)Cl)nc2c(C#N)cccc21. The number of benzene rings is 1. The Morgan fingerprint density at radius 3 is 2.95 bits per heavy atom. The first-order chi connectivity index (χ1) is 9.19. The molecular weight excluding hydrogens is 278 g/mol. The molecule has 0 aliphatic heterocycles. The Kier molecular flexibility index (Phi) is 4.73. The van der Waals surface area contributed by atoms with Crippen LogP contribution in [0.2, 0.25) is 0 Å². The number of aromatic nitrogens is 2. The molecule has 0 amide bonds. The molecule has 2 aromatic rings. The number of nitriles is 1. The van der Waals surface area contributed by atoms with Gasteiger partial charge in [-0.1, -0.05) is 6.07 Å². The number of aryl methyl sites for hydroxylation is 1. The zero-order valence-electron chi connectivity index (χ0n) is 11.1. The van der Waals surface area contributed by atoms with Gasteiger partial charge in [-0.3, -0.25) is 0 Å². The van der Waals surface area contributed by atoms with Gasteiger partial charge < -0.3 is 4.57 Å². The maximum absolute atomic E-state index is 9.15. The van der Waals surface area contributed by atoms with Crippen LogP contribution in [0.25, 0.3) is 11.0 Å². The van der Waals surface area contributed by atoms with E-state index in [1.165, 1.54) is 0 Å². The van der Waals surface area contributed by atoms with Crippen LogP contribution >= 0.6 is 23.4 Å². The van der Waals surface area contributed by atoms with E-state index >= 15 is 0 Å².